The first-order chi connectivity index (χ1) is 16.4. The van der Waals surface area contributed by atoms with Crippen LogP contribution in [0.25, 0.3) is 0 Å². The predicted octanol–water partition coefficient (Wildman–Crippen LogP) is 10.6. The van der Waals surface area contributed by atoms with E-state index in [0.717, 1.165) is 0 Å². The third kappa shape index (κ3) is 8.41. The third-order valence-electron chi connectivity index (χ3n) is 8.54. The molecular weight excluding hydrogens is 400 g/mol. The Kier molecular flexibility index (Phi) is 13.0. The van der Waals surface area contributed by atoms with Crippen LogP contribution in [0.4, 0.5) is 0 Å². The molecule has 0 aromatic heterocycles. The molecule has 0 spiro atoms. The highest BCUT2D eigenvalue weighted by molar-refractivity contribution is 5.46. The third-order valence-corrected chi connectivity index (χ3v) is 8.54. The summed E-state index contributed by atoms with van der Waals surface area (Å²) in [6, 6.07) is 0. The Morgan fingerprint density at radius 1 is 0.424 bits per heavy atom. The minimum atomic E-state index is -0.252. The van der Waals surface area contributed by atoms with Crippen LogP contribution in [0.3, 0.4) is 0 Å². The molecule has 0 atom stereocenters. The second-order valence-corrected chi connectivity index (χ2v) is 11.1. The molecule has 0 aromatic rings. The molecule has 0 amide bonds. The molecule has 0 aliphatic heterocycles. The summed E-state index contributed by atoms with van der Waals surface area (Å²) >= 11 is 0. The number of allylic oxidation sites excluding steroid dienone is 3. The summed E-state index contributed by atoms with van der Waals surface area (Å²) < 4.78 is 6.86. The van der Waals surface area contributed by atoms with Gasteiger partial charge in [0.1, 0.15) is 5.60 Å². The predicted molar refractivity (Wildman–Crippen MR) is 145 cm³/mol. The molecule has 1 nitrogen and oxygen atoms in total. The van der Waals surface area contributed by atoms with Crippen molar-refractivity contribution in [3.8, 4) is 0 Å². The van der Waals surface area contributed by atoms with E-state index < -0.39 is 0 Å². The monoisotopic (exact) mass is 454 g/mol. The fourth-order valence-electron chi connectivity index (χ4n) is 6.61. The normalized spacial score (nSPS) is 28.8. The second-order valence-electron chi connectivity index (χ2n) is 11.1. The maximum Gasteiger partial charge on any atom is 0.131 e. The molecule has 0 heterocycles. The van der Waals surface area contributed by atoms with Crippen molar-refractivity contribution in [1.82, 2.24) is 0 Å². The van der Waals surface area contributed by atoms with Gasteiger partial charge in [-0.15, -0.1) is 0 Å². The van der Waals surface area contributed by atoms with Crippen LogP contribution >= 0.6 is 0 Å². The number of ether oxygens (including phenoxy) is 1. The van der Waals surface area contributed by atoms with Crippen molar-refractivity contribution in [3.05, 3.63) is 34.9 Å². The molecule has 33 heavy (non-hydrogen) atoms. The van der Waals surface area contributed by atoms with Crippen molar-refractivity contribution in [2.24, 2.45) is 0 Å². The molecule has 0 saturated carbocycles. The van der Waals surface area contributed by atoms with Gasteiger partial charge in [-0.05, 0) is 93.8 Å². The van der Waals surface area contributed by atoms with Crippen molar-refractivity contribution in [3.63, 3.8) is 0 Å². The highest BCUT2D eigenvalue weighted by Gasteiger charge is 2.40. The van der Waals surface area contributed by atoms with Gasteiger partial charge in [-0.25, -0.2) is 0 Å². The lowest BCUT2D eigenvalue weighted by atomic mass is 9.72. The maximum absolute atomic E-state index is 6.86. The van der Waals surface area contributed by atoms with Crippen LogP contribution in [0, 0.1) is 0 Å². The molecule has 0 bridgehead atoms. The van der Waals surface area contributed by atoms with Gasteiger partial charge < -0.3 is 4.74 Å². The number of hydrogen-bond donors (Lipinski definition) is 0. The van der Waals surface area contributed by atoms with Crippen LogP contribution in [0.15, 0.2) is 34.9 Å². The smallest absolute Gasteiger partial charge is 0.131 e. The topological polar surface area (TPSA) is 9.23 Å². The lowest BCUT2D eigenvalue weighted by Crippen LogP contribution is -2.39. The molecule has 0 unspecified atom stereocenters. The van der Waals surface area contributed by atoms with Crippen LogP contribution in [0.5, 0.6) is 0 Å². The molecule has 1 heteroatoms. The first-order valence-corrected chi connectivity index (χ1v) is 15.0. The van der Waals surface area contributed by atoms with Gasteiger partial charge in [0, 0.05) is 7.11 Å². The minimum Gasteiger partial charge on any atom is -0.365 e. The molecular formula is C32H54O. The molecule has 0 radical (unpaired) electrons. The molecule has 0 N–H and O–H groups in total. The Hall–Kier alpha value is -0.820. The van der Waals surface area contributed by atoms with Crippen molar-refractivity contribution in [2.45, 2.75) is 160 Å². The van der Waals surface area contributed by atoms with Crippen molar-refractivity contribution < 1.29 is 4.74 Å². The summed E-state index contributed by atoms with van der Waals surface area (Å²) in [6.07, 6.45) is 40.2. The van der Waals surface area contributed by atoms with Crippen molar-refractivity contribution in [1.29, 1.82) is 0 Å². The summed E-state index contributed by atoms with van der Waals surface area (Å²) in [5, 5.41) is 0. The van der Waals surface area contributed by atoms with E-state index in [1.54, 1.807) is 16.7 Å². The Morgan fingerprint density at radius 2 is 0.697 bits per heavy atom. The maximum atomic E-state index is 6.86. The van der Waals surface area contributed by atoms with Gasteiger partial charge in [0.25, 0.3) is 0 Å². The molecule has 188 valence electrons. The van der Waals surface area contributed by atoms with E-state index in [1.165, 1.54) is 154 Å². The van der Waals surface area contributed by atoms with Gasteiger partial charge in [0.15, 0.2) is 0 Å². The van der Waals surface area contributed by atoms with Gasteiger partial charge in [-0.2, -0.15) is 0 Å². The van der Waals surface area contributed by atoms with Gasteiger partial charge in [0.2, 0.25) is 0 Å². The number of hydrogen-bond acceptors (Lipinski definition) is 1. The zero-order valence-corrected chi connectivity index (χ0v) is 22.1. The van der Waals surface area contributed by atoms with Crippen LogP contribution in [-0.4, -0.2) is 12.7 Å². The lowest BCUT2D eigenvalue weighted by molar-refractivity contribution is 0.0735. The molecule has 0 fully saturated rings. The number of rotatable bonds is 4. The zero-order chi connectivity index (χ0) is 23.0. The van der Waals surface area contributed by atoms with E-state index >= 15 is 0 Å². The van der Waals surface area contributed by atoms with Gasteiger partial charge in [0.05, 0.1) is 0 Å². The summed E-state index contributed by atoms with van der Waals surface area (Å²) in [5.74, 6) is 0. The Labute approximate surface area is 206 Å². The van der Waals surface area contributed by atoms with Gasteiger partial charge in [-0.3, -0.25) is 0 Å². The van der Waals surface area contributed by atoms with E-state index in [-0.39, 0.29) is 5.60 Å². The highest BCUT2D eigenvalue weighted by atomic mass is 16.5. The van der Waals surface area contributed by atoms with Gasteiger partial charge in [-0.1, -0.05) is 95.3 Å². The molecule has 3 aliphatic rings. The largest absolute Gasteiger partial charge is 0.365 e. The quantitative estimate of drug-likeness (QED) is 0.384. The minimum absolute atomic E-state index is 0.252. The average molecular weight is 455 g/mol. The van der Waals surface area contributed by atoms with Crippen LogP contribution < -0.4 is 0 Å². The fraction of sp³-hybridized carbons (Fsp3) is 0.812. The summed E-state index contributed by atoms with van der Waals surface area (Å²) in [4.78, 5) is 0. The van der Waals surface area contributed by atoms with Crippen molar-refractivity contribution in [2.75, 3.05) is 7.11 Å². The Balaban J connectivity index is 2.03. The first kappa shape index (κ1) is 26.8. The Morgan fingerprint density at radius 3 is 1.00 bits per heavy atom. The van der Waals surface area contributed by atoms with Crippen LogP contribution in [-0.2, 0) is 4.74 Å². The summed E-state index contributed by atoms with van der Waals surface area (Å²) in [5.41, 5.74) is 4.62. The Bertz CT molecular complexity index is 539. The van der Waals surface area contributed by atoms with E-state index in [1.807, 2.05) is 7.11 Å². The second kappa shape index (κ2) is 16.0. The lowest BCUT2D eigenvalue weighted by Gasteiger charge is -2.41. The van der Waals surface area contributed by atoms with E-state index in [0.29, 0.717) is 0 Å². The zero-order valence-electron chi connectivity index (χ0n) is 22.1. The molecule has 3 aliphatic carbocycles. The molecule has 0 saturated heterocycles. The highest BCUT2D eigenvalue weighted by Crippen LogP contribution is 2.45. The van der Waals surface area contributed by atoms with Gasteiger partial charge >= 0.3 is 0 Å². The summed E-state index contributed by atoms with van der Waals surface area (Å²) in [7, 11) is 2.04. The molecule has 0 aromatic carbocycles. The first-order valence-electron chi connectivity index (χ1n) is 15.0. The average Bonchev–Trinajstić information content (AvgIpc) is 2.86. The van der Waals surface area contributed by atoms with Crippen LogP contribution in [0.2, 0.25) is 0 Å². The van der Waals surface area contributed by atoms with Crippen LogP contribution in [0.1, 0.15) is 154 Å². The SMILES string of the molecule is COC(/C1=C/CCCCCCCC1)(/C1=C/CCCCCCCC1)/C1=C/CCCCCCCC1. The number of methoxy groups -OCH3 is 1. The standard InChI is InChI=1S/C32H54O/c1-33-32(29-23-17-11-5-2-6-12-18-24-29,30-25-19-13-7-3-8-14-20-26-30)31-27-21-15-9-4-10-16-22-28-31/h23,25,27H,2-22,24,26,28H2,1H3/b29-23+,30-25+,31-27+. The van der Waals surface area contributed by atoms with E-state index in [4.69, 9.17) is 4.74 Å². The van der Waals surface area contributed by atoms with Crippen molar-refractivity contribution >= 4 is 0 Å². The fourth-order valence-corrected chi connectivity index (χ4v) is 6.61. The molecule has 3 rings (SSSR count). The van der Waals surface area contributed by atoms with E-state index in [2.05, 4.69) is 18.2 Å². The van der Waals surface area contributed by atoms with E-state index in [9.17, 15) is 0 Å². The summed E-state index contributed by atoms with van der Waals surface area (Å²) in [6.45, 7) is 0.